The van der Waals surface area contributed by atoms with Crippen LogP contribution >= 0.6 is 0 Å². The molecular weight excluding hydrogens is 252 g/mol. The molecule has 1 atom stereocenters. The number of nitro groups is 1. The summed E-state index contributed by atoms with van der Waals surface area (Å²) in [6.07, 6.45) is 1.99. The number of hydrogen-bond acceptors (Lipinski definition) is 5. The van der Waals surface area contributed by atoms with Gasteiger partial charge in [0.05, 0.1) is 12.2 Å². The maximum atomic E-state index is 12.2. The van der Waals surface area contributed by atoms with Crippen molar-refractivity contribution >= 4 is 11.8 Å². The van der Waals surface area contributed by atoms with Crippen molar-refractivity contribution in [1.82, 2.24) is 4.90 Å². The number of amides is 1. The monoisotopic (exact) mass is 268 g/mol. The third-order valence-electron chi connectivity index (χ3n) is 3.10. The van der Waals surface area contributed by atoms with Gasteiger partial charge in [0, 0.05) is 19.7 Å². The molecule has 0 N–H and O–H groups in total. The molecule has 0 radical (unpaired) electrons. The van der Waals surface area contributed by atoms with E-state index in [1.807, 2.05) is 6.92 Å². The van der Waals surface area contributed by atoms with Gasteiger partial charge in [-0.05, 0) is 25.8 Å². The first-order valence-corrected chi connectivity index (χ1v) is 6.27. The van der Waals surface area contributed by atoms with Crippen LogP contribution in [-0.2, 0) is 4.74 Å². The van der Waals surface area contributed by atoms with Crippen LogP contribution in [0.4, 0.5) is 5.88 Å². The molecule has 0 aliphatic carbocycles. The molecule has 1 aromatic rings. The fraction of sp³-hybridized carbons (Fsp3) is 0.583. The van der Waals surface area contributed by atoms with Crippen LogP contribution in [0.1, 0.15) is 30.3 Å². The molecule has 7 heteroatoms. The summed E-state index contributed by atoms with van der Waals surface area (Å²) >= 11 is 0. The Balaban J connectivity index is 2.04. The molecule has 1 fully saturated rings. The lowest BCUT2D eigenvalue weighted by atomic mass is 10.2. The van der Waals surface area contributed by atoms with Crippen molar-refractivity contribution in [3.8, 4) is 0 Å². The molecule has 2 heterocycles. The molecule has 0 aromatic carbocycles. The van der Waals surface area contributed by atoms with Crippen molar-refractivity contribution in [2.75, 3.05) is 19.7 Å². The van der Waals surface area contributed by atoms with E-state index in [-0.39, 0.29) is 17.8 Å². The Bertz CT molecular complexity index is 464. The first kappa shape index (κ1) is 13.5. The highest BCUT2D eigenvalue weighted by Gasteiger charge is 2.25. The molecule has 1 unspecified atom stereocenters. The highest BCUT2D eigenvalue weighted by molar-refractivity contribution is 5.91. The van der Waals surface area contributed by atoms with Crippen LogP contribution in [-0.4, -0.2) is 41.5 Å². The number of ether oxygens (including phenoxy) is 1. The number of nitrogens with zero attached hydrogens (tertiary/aromatic N) is 2. The quantitative estimate of drug-likeness (QED) is 0.600. The van der Waals surface area contributed by atoms with E-state index in [2.05, 4.69) is 0 Å². The van der Waals surface area contributed by atoms with Gasteiger partial charge in [-0.2, -0.15) is 0 Å². The average molecular weight is 268 g/mol. The zero-order valence-electron chi connectivity index (χ0n) is 10.7. The van der Waals surface area contributed by atoms with Gasteiger partial charge in [-0.15, -0.1) is 0 Å². The van der Waals surface area contributed by atoms with Crippen molar-refractivity contribution in [3.63, 3.8) is 0 Å². The summed E-state index contributed by atoms with van der Waals surface area (Å²) in [5.74, 6) is -0.769. The molecular formula is C12H16N2O5. The van der Waals surface area contributed by atoms with Crippen molar-refractivity contribution < 1.29 is 18.9 Å². The largest absolute Gasteiger partial charge is 0.433 e. The Hall–Kier alpha value is -1.89. The van der Waals surface area contributed by atoms with Crippen LogP contribution in [0.5, 0.6) is 0 Å². The lowest BCUT2D eigenvalue weighted by molar-refractivity contribution is -0.402. The predicted molar refractivity (Wildman–Crippen MR) is 65.9 cm³/mol. The second-order valence-electron chi connectivity index (χ2n) is 4.37. The fourth-order valence-electron chi connectivity index (χ4n) is 2.09. The molecule has 0 saturated carbocycles. The van der Waals surface area contributed by atoms with Crippen molar-refractivity contribution in [3.05, 3.63) is 28.0 Å². The molecule has 1 saturated heterocycles. The minimum absolute atomic E-state index is 0.00783. The van der Waals surface area contributed by atoms with Gasteiger partial charge in [0.15, 0.2) is 5.76 Å². The normalized spacial score (nSPS) is 18.5. The topological polar surface area (TPSA) is 85.8 Å². The summed E-state index contributed by atoms with van der Waals surface area (Å²) in [5, 5.41) is 10.5. The van der Waals surface area contributed by atoms with Crippen LogP contribution in [0.3, 0.4) is 0 Å². The zero-order chi connectivity index (χ0) is 13.8. The molecule has 1 amide bonds. The lowest BCUT2D eigenvalue weighted by Crippen LogP contribution is -2.37. The van der Waals surface area contributed by atoms with Gasteiger partial charge >= 0.3 is 5.88 Å². The number of rotatable bonds is 5. The maximum absolute atomic E-state index is 12.2. The van der Waals surface area contributed by atoms with Gasteiger partial charge in [-0.3, -0.25) is 14.9 Å². The Morgan fingerprint density at radius 3 is 2.89 bits per heavy atom. The molecule has 1 aliphatic heterocycles. The van der Waals surface area contributed by atoms with E-state index in [1.165, 1.54) is 12.1 Å². The van der Waals surface area contributed by atoms with Crippen LogP contribution in [0.2, 0.25) is 0 Å². The minimum atomic E-state index is -0.660. The van der Waals surface area contributed by atoms with E-state index in [1.54, 1.807) is 4.90 Å². The first-order valence-electron chi connectivity index (χ1n) is 6.27. The predicted octanol–water partition coefficient (Wildman–Crippen LogP) is 1.83. The van der Waals surface area contributed by atoms with Crippen molar-refractivity contribution in [1.29, 1.82) is 0 Å². The van der Waals surface area contributed by atoms with Crippen molar-refractivity contribution in [2.24, 2.45) is 0 Å². The molecule has 2 rings (SSSR count). The van der Waals surface area contributed by atoms with Crippen LogP contribution < -0.4 is 0 Å². The highest BCUT2D eigenvalue weighted by Crippen LogP contribution is 2.19. The summed E-state index contributed by atoms with van der Waals surface area (Å²) in [7, 11) is 0. The third-order valence-corrected chi connectivity index (χ3v) is 3.10. The van der Waals surface area contributed by atoms with E-state index in [9.17, 15) is 14.9 Å². The molecule has 104 valence electrons. The maximum Gasteiger partial charge on any atom is 0.433 e. The molecule has 1 aliphatic rings. The van der Waals surface area contributed by atoms with Gasteiger partial charge in [0.25, 0.3) is 5.91 Å². The van der Waals surface area contributed by atoms with Crippen LogP contribution in [0, 0.1) is 10.1 Å². The smallest absolute Gasteiger partial charge is 0.395 e. The Morgan fingerprint density at radius 1 is 1.58 bits per heavy atom. The number of likely N-dealkylation sites (N-methyl/N-ethyl adjacent to an activating group) is 1. The molecule has 1 aromatic heterocycles. The van der Waals surface area contributed by atoms with Gasteiger partial charge in [0.2, 0.25) is 0 Å². The molecule has 19 heavy (non-hydrogen) atoms. The van der Waals surface area contributed by atoms with Gasteiger partial charge < -0.3 is 14.1 Å². The van der Waals surface area contributed by atoms with E-state index in [4.69, 9.17) is 9.15 Å². The Labute approximate surface area is 110 Å². The number of furan rings is 1. The van der Waals surface area contributed by atoms with Gasteiger partial charge in [0.1, 0.15) is 4.92 Å². The summed E-state index contributed by atoms with van der Waals surface area (Å²) in [6, 6.07) is 2.52. The molecule has 0 spiro atoms. The zero-order valence-corrected chi connectivity index (χ0v) is 10.7. The summed E-state index contributed by atoms with van der Waals surface area (Å²) in [4.78, 5) is 23.6. The van der Waals surface area contributed by atoms with E-state index in [0.717, 1.165) is 19.4 Å². The molecule has 7 nitrogen and oxygen atoms in total. The molecule has 0 bridgehead atoms. The average Bonchev–Trinajstić information content (AvgIpc) is 3.06. The second kappa shape index (κ2) is 5.83. The van der Waals surface area contributed by atoms with Gasteiger partial charge in [-0.25, -0.2) is 0 Å². The SMILES string of the molecule is CCN(CC1CCCO1)C(=O)c1ccc([N+](=O)[O-])o1. The van der Waals surface area contributed by atoms with Crippen LogP contribution in [0.15, 0.2) is 16.5 Å². The third kappa shape index (κ3) is 3.11. The van der Waals surface area contributed by atoms with E-state index >= 15 is 0 Å². The number of carbonyl (C=O) groups excluding carboxylic acids is 1. The second-order valence-corrected chi connectivity index (χ2v) is 4.37. The summed E-state index contributed by atoms with van der Waals surface area (Å²) in [6.45, 7) is 3.57. The fourth-order valence-corrected chi connectivity index (χ4v) is 2.09. The van der Waals surface area contributed by atoms with E-state index in [0.29, 0.717) is 13.1 Å². The minimum Gasteiger partial charge on any atom is -0.395 e. The lowest BCUT2D eigenvalue weighted by Gasteiger charge is -2.22. The summed E-state index contributed by atoms with van der Waals surface area (Å²) < 4.78 is 10.4. The standard InChI is InChI=1S/C12H16N2O5/c1-2-13(8-9-4-3-7-18-9)12(15)10-5-6-11(19-10)14(16)17/h5-6,9H,2-4,7-8H2,1H3. The highest BCUT2D eigenvalue weighted by atomic mass is 16.6. The van der Waals surface area contributed by atoms with E-state index < -0.39 is 10.8 Å². The summed E-state index contributed by atoms with van der Waals surface area (Å²) in [5.41, 5.74) is 0. The van der Waals surface area contributed by atoms with Gasteiger partial charge in [-0.1, -0.05) is 0 Å². The number of carbonyl (C=O) groups is 1. The Morgan fingerprint density at radius 2 is 2.37 bits per heavy atom. The van der Waals surface area contributed by atoms with Crippen LogP contribution in [0.25, 0.3) is 0 Å². The Kier molecular flexibility index (Phi) is 4.16. The number of hydrogen-bond donors (Lipinski definition) is 0. The van der Waals surface area contributed by atoms with Crippen molar-refractivity contribution in [2.45, 2.75) is 25.9 Å². The first-order chi connectivity index (χ1) is 9.11.